The summed E-state index contributed by atoms with van der Waals surface area (Å²) >= 11 is 0. The van der Waals surface area contributed by atoms with E-state index in [0.717, 1.165) is 12.0 Å². The van der Waals surface area contributed by atoms with Gasteiger partial charge in [0.1, 0.15) is 6.04 Å². The second kappa shape index (κ2) is 5.94. The van der Waals surface area contributed by atoms with Crippen LogP contribution < -0.4 is 5.32 Å². The van der Waals surface area contributed by atoms with Crippen molar-refractivity contribution >= 4 is 12.0 Å². The van der Waals surface area contributed by atoms with E-state index in [4.69, 9.17) is 5.11 Å². The summed E-state index contributed by atoms with van der Waals surface area (Å²) in [7, 11) is 0. The lowest BCUT2D eigenvalue weighted by Crippen LogP contribution is -2.51. The Morgan fingerprint density at radius 2 is 1.90 bits per heavy atom. The topological polar surface area (TPSA) is 69.6 Å². The lowest BCUT2D eigenvalue weighted by Gasteiger charge is -2.30. The largest absolute Gasteiger partial charge is 0.480 e. The van der Waals surface area contributed by atoms with Crippen LogP contribution in [0.3, 0.4) is 0 Å². The number of nitrogens with one attached hydrogen (secondary N) is 1. The van der Waals surface area contributed by atoms with Gasteiger partial charge in [0, 0.05) is 13.1 Å². The highest BCUT2D eigenvalue weighted by atomic mass is 16.4. The summed E-state index contributed by atoms with van der Waals surface area (Å²) in [5.41, 5.74) is 2.39. The molecule has 2 rings (SSSR count). The van der Waals surface area contributed by atoms with Crippen LogP contribution in [-0.4, -0.2) is 34.6 Å². The van der Waals surface area contributed by atoms with E-state index in [1.165, 1.54) is 5.56 Å². The summed E-state index contributed by atoms with van der Waals surface area (Å²) in [5.74, 6) is -1.14. The molecule has 0 spiro atoms. The SMILES string of the molecule is CC(C)[C@H](NC(=O)N1CCc2ccccc2C1)C(=O)O. The van der Waals surface area contributed by atoms with Crippen molar-refractivity contribution in [2.24, 2.45) is 5.92 Å². The molecule has 0 fully saturated rings. The van der Waals surface area contributed by atoms with Gasteiger partial charge in [-0.3, -0.25) is 0 Å². The molecule has 0 aromatic heterocycles. The Morgan fingerprint density at radius 1 is 1.25 bits per heavy atom. The predicted octanol–water partition coefficient (Wildman–Crippen LogP) is 1.86. The van der Waals surface area contributed by atoms with Gasteiger partial charge in [-0.25, -0.2) is 9.59 Å². The first-order valence-electron chi connectivity index (χ1n) is 6.84. The number of aliphatic carboxylic acids is 1. The summed E-state index contributed by atoms with van der Waals surface area (Å²) in [5, 5.41) is 11.7. The van der Waals surface area contributed by atoms with Crippen LogP contribution >= 0.6 is 0 Å². The molecule has 2 amide bonds. The molecule has 0 saturated heterocycles. The molecule has 1 atom stereocenters. The molecule has 1 heterocycles. The number of nitrogens with zero attached hydrogens (tertiary/aromatic N) is 1. The maximum atomic E-state index is 12.2. The van der Waals surface area contributed by atoms with E-state index in [0.29, 0.717) is 13.1 Å². The van der Waals surface area contributed by atoms with Crippen molar-refractivity contribution in [1.82, 2.24) is 10.2 Å². The lowest BCUT2D eigenvalue weighted by atomic mass is 10.00. The summed E-state index contributed by atoms with van der Waals surface area (Å²) in [6, 6.07) is 6.87. The molecule has 1 aliphatic rings. The minimum atomic E-state index is -0.995. The number of carboxylic acid groups (broad SMARTS) is 1. The molecular weight excluding hydrogens is 256 g/mol. The molecule has 0 radical (unpaired) electrons. The van der Waals surface area contributed by atoms with E-state index < -0.39 is 12.0 Å². The van der Waals surface area contributed by atoms with E-state index in [-0.39, 0.29) is 11.9 Å². The number of carbonyl (C=O) groups excluding carboxylic acids is 1. The van der Waals surface area contributed by atoms with Gasteiger partial charge < -0.3 is 15.3 Å². The van der Waals surface area contributed by atoms with Crippen LogP contribution in [0.15, 0.2) is 24.3 Å². The second-order valence-corrected chi connectivity index (χ2v) is 5.45. The fourth-order valence-corrected chi connectivity index (χ4v) is 2.41. The number of fused-ring (bicyclic) bond motifs is 1. The molecule has 5 nitrogen and oxygen atoms in total. The van der Waals surface area contributed by atoms with E-state index >= 15 is 0 Å². The number of rotatable bonds is 3. The van der Waals surface area contributed by atoms with Gasteiger partial charge in [0.25, 0.3) is 0 Å². The first-order chi connectivity index (χ1) is 9.49. The minimum absolute atomic E-state index is 0.145. The fraction of sp³-hybridized carbons (Fsp3) is 0.467. The zero-order valence-corrected chi connectivity index (χ0v) is 11.8. The normalized spacial score (nSPS) is 15.7. The number of hydrogen-bond donors (Lipinski definition) is 2. The molecule has 5 heteroatoms. The van der Waals surface area contributed by atoms with Crippen molar-refractivity contribution in [3.05, 3.63) is 35.4 Å². The molecule has 0 bridgehead atoms. The highest BCUT2D eigenvalue weighted by Crippen LogP contribution is 2.18. The van der Waals surface area contributed by atoms with Gasteiger partial charge in [-0.2, -0.15) is 0 Å². The van der Waals surface area contributed by atoms with E-state index in [9.17, 15) is 9.59 Å². The van der Waals surface area contributed by atoms with E-state index in [2.05, 4.69) is 11.4 Å². The third-order valence-electron chi connectivity index (χ3n) is 3.63. The van der Waals surface area contributed by atoms with Crippen LogP contribution in [-0.2, 0) is 17.8 Å². The van der Waals surface area contributed by atoms with E-state index in [1.807, 2.05) is 18.2 Å². The zero-order valence-electron chi connectivity index (χ0n) is 11.8. The van der Waals surface area contributed by atoms with Crippen molar-refractivity contribution in [3.63, 3.8) is 0 Å². The highest BCUT2D eigenvalue weighted by Gasteiger charge is 2.27. The maximum Gasteiger partial charge on any atom is 0.326 e. The smallest absolute Gasteiger partial charge is 0.326 e. The summed E-state index contributed by atoms with van der Waals surface area (Å²) in [4.78, 5) is 25.0. The Bertz CT molecular complexity index is 514. The number of hydrogen-bond acceptors (Lipinski definition) is 2. The van der Waals surface area contributed by atoms with Crippen LogP contribution in [0.4, 0.5) is 4.79 Å². The first-order valence-corrected chi connectivity index (χ1v) is 6.84. The van der Waals surface area contributed by atoms with Crippen LogP contribution in [0.2, 0.25) is 0 Å². The summed E-state index contributed by atoms with van der Waals surface area (Å²) in [6.45, 7) is 4.72. The highest BCUT2D eigenvalue weighted by molar-refractivity contribution is 5.82. The first kappa shape index (κ1) is 14.4. The minimum Gasteiger partial charge on any atom is -0.480 e. The van der Waals surface area contributed by atoms with Gasteiger partial charge in [0.15, 0.2) is 0 Å². The fourth-order valence-electron chi connectivity index (χ4n) is 2.41. The Kier molecular flexibility index (Phi) is 4.27. The van der Waals surface area contributed by atoms with Crippen LogP contribution in [0.25, 0.3) is 0 Å². The van der Waals surface area contributed by atoms with Gasteiger partial charge in [-0.05, 0) is 23.5 Å². The van der Waals surface area contributed by atoms with Crippen LogP contribution in [0, 0.1) is 5.92 Å². The average molecular weight is 276 g/mol. The Hall–Kier alpha value is -2.04. The quantitative estimate of drug-likeness (QED) is 0.885. The summed E-state index contributed by atoms with van der Waals surface area (Å²) in [6.07, 6.45) is 0.809. The number of amides is 2. The van der Waals surface area contributed by atoms with E-state index in [1.54, 1.807) is 18.7 Å². The second-order valence-electron chi connectivity index (χ2n) is 5.45. The number of carbonyl (C=O) groups is 2. The van der Waals surface area contributed by atoms with Gasteiger partial charge in [0.2, 0.25) is 0 Å². The zero-order chi connectivity index (χ0) is 14.7. The van der Waals surface area contributed by atoms with Crippen LogP contribution in [0.5, 0.6) is 0 Å². The Balaban J connectivity index is 2.03. The Labute approximate surface area is 118 Å². The molecule has 20 heavy (non-hydrogen) atoms. The summed E-state index contributed by atoms with van der Waals surface area (Å²) < 4.78 is 0. The molecule has 1 aromatic rings. The molecule has 0 aliphatic carbocycles. The third kappa shape index (κ3) is 3.10. The number of benzene rings is 1. The molecule has 108 valence electrons. The standard InChI is InChI=1S/C15H20N2O3/c1-10(2)13(14(18)19)16-15(20)17-8-7-11-5-3-4-6-12(11)9-17/h3-6,10,13H,7-9H2,1-2H3,(H,16,20)(H,18,19)/t13-/m0/s1. The predicted molar refractivity (Wildman–Crippen MR) is 75.3 cm³/mol. The number of carboxylic acids is 1. The van der Waals surface area contributed by atoms with Crippen molar-refractivity contribution in [3.8, 4) is 0 Å². The molecule has 0 unspecified atom stereocenters. The van der Waals surface area contributed by atoms with Gasteiger partial charge in [-0.1, -0.05) is 38.1 Å². The van der Waals surface area contributed by atoms with Crippen molar-refractivity contribution in [2.45, 2.75) is 32.9 Å². The van der Waals surface area contributed by atoms with Crippen molar-refractivity contribution in [1.29, 1.82) is 0 Å². The molecule has 1 aliphatic heterocycles. The van der Waals surface area contributed by atoms with Crippen molar-refractivity contribution in [2.75, 3.05) is 6.54 Å². The lowest BCUT2D eigenvalue weighted by molar-refractivity contribution is -0.140. The monoisotopic (exact) mass is 276 g/mol. The Morgan fingerprint density at radius 3 is 2.50 bits per heavy atom. The average Bonchev–Trinajstić information content (AvgIpc) is 2.43. The molecule has 0 saturated carbocycles. The van der Waals surface area contributed by atoms with Gasteiger partial charge in [0.05, 0.1) is 0 Å². The maximum absolute atomic E-state index is 12.2. The molecule has 2 N–H and O–H groups in total. The van der Waals surface area contributed by atoms with Gasteiger partial charge in [-0.15, -0.1) is 0 Å². The third-order valence-corrected chi connectivity index (χ3v) is 3.63. The number of urea groups is 1. The molecular formula is C15H20N2O3. The van der Waals surface area contributed by atoms with Crippen LogP contribution in [0.1, 0.15) is 25.0 Å². The van der Waals surface area contributed by atoms with Crippen molar-refractivity contribution < 1.29 is 14.7 Å². The molecule has 1 aromatic carbocycles. The van der Waals surface area contributed by atoms with Gasteiger partial charge >= 0.3 is 12.0 Å².